The summed E-state index contributed by atoms with van der Waals surface area (Å²) >= 11 is 6.20. The fourth-order valence-corrected chi connectivity index (χ4v) is 2.81. The van der Waals surface area contributed by atoms with Gasteiger partial charge in [-0.1, -0.05) is 31.5 Å². The van der Waals surface area contributed by atoms with Gasteiger partial charge >= 0.3 is 0 Å². The lowest BCUT2D eigenvalue weighted by Crippen LogP contribution is -2.66. The van der Waals surface area contributed by atoms with E-state index in [0.29, 0.717) is 23.6 Å². The molecule has 0 aliphatic carbocycles. The summed E-state index contributed by atoms with van der Waals surface area (Å²) in [5.74, 6) is -0.236. The van der Waals surface area contributed by atoms with Gasteiger partial charge in [0.05, 0.1) is 10.7 Å². The molecule has 1 aliphatic rings. The molecule has 1 heterocycles. The maximum absolute atomic E-state index is 12.8. The van der Waals surface area contributed by atoms with E-state index in [2.05, 4.69) is 5.32 Å². The second kappa shape index (κ2) is 5.44. The zero-order chi connectivity index (χ0) is 14.9. The number of carbonyl (C=O) groups is 2. The van der Waals surface area contributed by atoms with E-state index in [1.807, 2.05) is 32.9 Å². The Hall–Kier alpha value is -1.55. The molecule has 0 spiro atoms. The van der Waals surface area contributed by atoms with Crippen molar-refractivity contribution in [1.29, 1.82) is 0 Å². The minimum atomic E-state index is -0.817. The van der Waals surface area contributed by atoms with E-state index in [0.717, 1.165) is 5.56 Å². The molecule has 0 aromatic heterocycles. The highest BCUT2D eigenvalue weighted by Crippen LogP contribution is 2.32. The molecule has 1 fully saturated rings. The van der Waals surface area contributed by atoms with Crippen molar-refractivity contribution in [3.05, 3.63) is 28.8 Å². The van der Waals surface area contributed by atoms with E-state index in [4.69, 9.17) is 11.6 Å². The number of rotatable bonds is 3. The summed E-state index contributed by atoms with van der Waals surface area (Å²) < 4.78 is 0. The van der Waals surface area contributed by atoms with E-state index in [1.165, 1.54) is 4.90 Å². The maximum Gasteiger partial charge on any atom is 0.253 e. The molecule has 5 heteroatoms. The zero-order valence-electron chi connectivity index (χ0n) is 12.0. The first-order valence-corrected chi connectivity index (χ1v) is 7.20. The second-order valence-corrected chi connectivity index (χ2v) is 5.59. The highest BCUT2D eigenvalue weighted by atomic mass is 35.5. The number of benzene rings is 1. The minimum Gasteiger partial charge on any atom is -0.340 e. The predicted octanol–water partition coefficient (Wildman–Crippen LogP) is 2.67. The van der Waals surface area contributed by atoms with Crippen LogP contribution in [-0.2, 0) is 9.59 Å². The van der Waals surface area contributed by atoms with Crippen LogP contribution in [0.4, 0.5) is 5.69 Å². The molecule has 1 aromatic rings. The lowest BCUT2D eigenvalue weighted by molar-refractivity contribution is -0.136. The fourth-order valence-electron chi connectivity index (χ4n) is 2.59. The normalized spacial score (nSPS) is 18.1. The quantitative estimate of drug-likeness (QED) is 0.932. The van der Waals surface area contributed by atoms with Crippen LogP contribution in [0, 0.1) is 6.92 Å². The summed E-state index contributed by atoms with van der Waals surface area (Å²) in [7, 11) is 0. The number of carbonyl (C=O) groups excluding carboxylic acids is 2. The Labute approximate surface area is 124 Å². The van der Waals surface area contributed by atoms with Gasteiger partial charge in [0.25, 0.3) is 5.91 Å². The van der Waals surface area contributed by atoms with Crippen molar-refractivity contribution in [2.24, 2.45) is 0 Å². The molecule has 2 rings (SSSR count). The average Bonchev–Trinajstić information content (AvgIpc) is 2.44. The molecule has 1 N–H and O–H groups in total. The highest BCUT2D eigenvalue weighted by molar-refractivity contribution is 6.34. The van der Waals surface area contributed by atoms with E-state index in [1.54, 1.807) is 6.07 Å². The Balaban J connectivity index is 2.47. The SMILES string of the molecule is CCC1(CC)NC(=O)CN(c2cc(C)ccc2Cl)C1=O. The standard InChI is InChI=1S/C15H19ClN2O2/c1-4-15(5-2)14(20)18(9-13(19)17-15)12-8-10(3)6-7-11(12)16/h6-8H,4-5,9H2,1-3H3,(H,17,19). The molecule has 0 radical (unpaired) electrons. The lowest BCUT2D eigenvalue weighted by Gasteiger charge is -2.41. The maximum atomic E-state index is 12.8. The summed E-state index contributed by atoms with van der Waals surface area (Å²) in [5.41, 5.74) is 0.794. The smallest absolute Gasteiger partial charge is 0.253 e. The summed E-state index contributed by atoms with van der Waals surface area (Å²) in [6.45, 7) is 5.76. The minimum absolute atomic E-state index is 0.0176. The predicted molar refractivity (Wildman–Crippen MR) is 80.0 cm³/mol. The van der Waals surface area contributed by atoms with Gasteiger partial charge in [0.15, 0.2) is 0 Å². The number of hydrogen-bond donors (Lipinski definition) is 1. The van der Waals surface area contributed by atoms with Crippen molar-refractivity contribution < 1.29 is 9.59 Å². The van der Waals surface area contributed by atoms with Gasteiger partial charge in [0.2, 0.25) is 5.91 Å². The number of halogens is 1. The Bertz CT molecular complexity index is 553. The molecule has 0 saturated carbocycles. The van der Waals surface area contributed by atoms with Crippen LogP contribution in [0.5, 0.6) is 0 Å². The van der Waals surface area contributed by atoms with Crippen LogP contribution in [0.25, 0.3) is 0 Å². The molecule has 20 heavy (non-hydrogen) atoms. The third-order valence-corrected chi connectivity index (χ3v) is 4.25. The third kappa shape index (κ3) is 2.40. The third-order valence-electron chi connectivity index (χ3n) is 3.93. The van der Waals surface area contributed by atoms with E-state index < -0.39 is 5.54 Å². The van der Waals surface area contributed by atoms with E-state index in [-0.39, 0.29) is 18.4 Å². The molecule has 1 saturated heterocycles. The molecule has 0 atom stereocenters. The van der Waals surface area contributed by atoms with Crippen molar-refractivity contribution in [2.45, 2.75) is 39.2 Å². The van der Waals surface area contributed by atoms with Crippen molar-refractivity contribution >= 4 is 29.1 Å². The number of aryl methyl sites for hydroxylation is 1. The first-order chi connectivity index (χ1) is 9.43. The Morgan fingerprint density at radius 1 is 1.30 bits per heavy atom. The van der Waals surface area contributed by atoms with Gasteiger partial charge in [-0.15, -0.1) is 0 Å². The van der Waals surface area contributed by atoms with Crippen LogP contribution in [0.3, 0.4) is 0 Å². The van der Waals surface area contributed by atoms with E-state index in [9.17, 15) is 9.59 Å². The average molecular weight is 295 g/mol. The summed E-state index contributed by atoms with van der Waals surface area (Å²) in [6, 6.07) is 5.48. The Morgan fingerprint density at radius 2 is 1.95 bits per heavy atom. The zero-order valence-corrected chi connectivity index (χ0v) is 12.8. The number of piperazine rings is 1. The molecular formula is C15H19ClN2O2. The van der Waals surface area contributed by atoms with Crippen molar-refractivity contribution in [2.75, 3.05) is 11.4 Å². The first-order valence-electron chi connectivity index (χ1n) is 6.82. The molecule has 108 valence electrons. The molecule has 2 amide bonds. The Kier molecular flexibility index (Phi) is 4.04. The molecular weight excluding hydrogens is 276 g/mol. The van der Waals surface area contributed by atoms with Gasteiger partial charge in [-0.2, -0.15) is 0 Å². The molecule has 4 nitrogen and oxygen atoms in total. The van der Waals surface area contributed by atoms with Crippen LogP contribution in [0.2, 0.25) is 5.02 Å². The van der Waals surface area contributed by atoms with Crippen LogP contribution >= 0.6 is 11.6 Å². The molecule has 1 aliphatic heterocycles. The fraction of sp³-hybridized carbons (Fsp3) is 0.467. The molecule has 0 bridgehead atoms. The first kappa shape index (κ1) is 14.9. The van der Waals surface area contributed by atoms with Gasteiger partial charge in [-0.3, -0.25) is 14.5 Å². The van der Waals surface area contributed by atoms with Crippen molar-refractivity contribution in [1.82, 2.24) is 5.32 Å². The van der Waals surface area contributed by atoms with Crippen LogP contribution in [0.15, 0.2) is 18.2 Å². The monoisotopic (exact) mass is 294 g/mol. The van der Waals surface area contributed by atoms with Gasteiger partial charge in [0.1, 0.15) is 12.1 Å². The summed E-state index contributed by atoms with van der Waals surface area (Å²) in [6.07, 6.45) is 1.13. The molecule has 0 unspecified atom stereocenters. The van der Waals surface area contributed by atoms with Crippen molar-refractivity contribution in [3.8, 4) is 0 Å². The number of hydrogen-bond acceptors (Lipinski definition) is 2. The largest absolute Gasteiger partial charge is 0.340 e. The topological polar surface area (TPSA) is 49.4 Å². The highest BCUT2D eigenvalue weighted by Gasteiger charge is 2.44. The van der Waals surface area contributed by atoms with Crippen LogP contribution < -0.4 is 10.2 Å². The summed E-state index contributed by atoms with van der Waals surface area (Å²) in [4.78, 5) is 26.2. The number of nitrogens with zero attached hydrogens (tertiary/aromatic N) is 1. The van der Waals surface area contributed by atoms with Gasteiger partial charge < -0.3 is 5.32 Å². The molecule has 1 aromatic carbocycles. The number of nitrogens with one attached hydrogen (secondary N) is 1. The Morgan fingerprint density at radius 3 is 2.55 bits per heavy atom. The van der Waals surface area contributed by atoms with Crippen molar-refractivity contribution in [3.63, 3.8) is 0 Å². The lowest BCUT2D eigenvalue weighted by atomic mass is 9.88. The van der Waals surface area contributed by atoms with Gasteiger partial charge in [-0.05, 0) is 37.5 Å². The van der Waals surface area contributed by atoms with Gasteiger partial charge in [0, 0.05) is 0 Å². The number of amides is 2. The summed E-state index contributed by atoms with van der Waals surface area (Å²) in [5, 5.41) is 3.33. The van der Waals surface area contributed by atoms with Gasteiger partial charge in [-0.25, -0.2) is 0 Å². The van der Waals surface area contributed by atoms with Crippen LogP contribution in [-0.4, -0.2) is 23.9 Å². The van der Waals surface area contributed by atoms with Crippen LogP contribution in [0.1, 0.15) is 32.3 Å². The second-order valence-electron chi connectivity index (χ2n) is 5.18. The van der Waals surface area contributed by atoms with E-state index >= 15 is 0 Å². The number of anilines is 1.